The number of carbonyl (C=O) groups excluding carboxylic acids is 1. The summed E-state index contributed by atoms with van der Waals surface area (Å²) in [4.78, 5) is 25.5. The van der Waals surface area contributed by atoms with Crippen LogP contribution in [0.3, 0.4) is 0 Å². The summed E-state index contributed by atoms with van der Waals surface area (Å²) in [6, 6.07) is 7.49. The number of nitrogens with zero attached hydrogens (tertiary/aromatic N) is 4. The molecule has 27 heavy (non-hydrogen) atoms. The molecule has 1 aromatic carbocycles. The Bertz CT molecular complexity index is 757. The molecular weight excluding hydrogens is 342 g/mol. The first kappa shape index (κ1) is 19.3. The molecule has 7 heteroatoms. The minimum atomic E-state index is 0.0117. The Kier molecular flexibility index (Phi) is 6.36. The molecule has 0 radical (unpaired) electrons. The second-order valence-corrected chi connectivity index (χ2v) is 7.10. The standard InChI is InChI=1S/C20H27N5O2/c1-24(2)8-9-25(14-17-7-4-10-27-17)20(26)16-6-3-5-15(11-16)18-12-23-19(21)13-22-18/h3,5-6,11-13,17H,4,7-10,14H2,1-2H3,(H2,21,23). The molecule has 7 nitrogen and oxygen atoms in total. The van der Waals surface area contributed by atoms with Crippen molar-refractivity contribution in [1.82, 2.24) is 19.8 Å². The van der Waals surface area contributed by atoms with Crippen LogP contribution < -0.4 is 5.73 Å². The maximum Gasteiger partial charge on any atom is 0.254 e. The van der Waals surface area contributed by atoms with Crippen molar-refractivity contribution in [3.05, 3.63) is 42.2 Å². The Morgan fingerprint density at radius 2 is 2.11 bits per heavy atom. The molecule has 2 N–H and O–H groups in total. The third-order valence-corrected chi connectivity index (χ3v) is 4.63. The summed E-state index contributed by atoms with van der Waals surface area (Å²) < 4.78 is 5.74. The van der Waals surface area contributed by atoms with Gasteiger partial charge in [-0.05, 0) is 39.1 Å². The van der Waals surface area contributed by atoms with Crippen molar-refractivity contribution in [2.24, 2.45) is 0 Å². The van der Waals surface area contributed by atoms with E-state index >= 15 is 0 Å². The van der Waals surface area contributed by atoms with Gasteiger partial charge >= 0.3 is 0 Å². The van der Waals surface area contributed by atoms with Crippen molar-refractivity contribution in [2.45, 2.75) is 18.9 Å². The maximum atomic E-state index is 13.2. The highest BCUT2D eigenvalue weighted by molar-refractivity contribution is 5.95. The number of aromatic nitrogens is 2. The Labute approximate surface area is 160 Å². The summed E-state index contributed by atoms with van der Waals surface area (Å²) in [5, 5.41) is 0. The lowest BCUT2D eigenvalue weighted by atomic mass is 10.1. The fraction of sp³-hybridized carbons (Fsp3) is 0.450. The molecule has 1 saturated heterocycles. The van der Waals surface area contributed by atoms with Gasteiger partial charge in [0.05, 0.1) is 24.2 Å². The molecule has 0 bridgehead atoms. The first-order valence-corrected chi connectivity index (χ1v) is 9.26. The van der Waals surface area contributed by atoms with Crippen LogP contribution in [0, 0.1) is 0 Å². The van der Waals surface area contributed by atoms with E-state index in [1.807, 2.05) is 43.3 Å². The van der Waals surface area contributed by atoms with Crippen molar-refractivity contribution in [3.63, 3.8) is 0 Å². The van der Waals surface area contributed by atoms with Gasteiger partial charge in [0, 0.05) is 37.4 Å². The highest BCUT2D eigenvalue weighted by Gasteiger charge is 2.23. The fourth-order valence-electron chi connectivity index (χ4n) is 3.11. The number of likely N-dealkylation sites (N-methyl/N-ethyl adjacent to an activating group) is 1. The van der Waals surface area contributed by atoms with E-state index in [1.165, 1.54) is 6.20 Å². The van der Waals surface area contributed by atoms with Gasteiger partial charge in [-0.1, -0.05) is 12.1 Å². The second kappa shape index (κ2) is 8.92. The summed E-state index contributed by atoms with van der Waals surface area (Å²) >= 11 is 0. The lowest BCUT2D eigenvalue weighted by molar-refractivity contribution is 0.0512. The molecule has 0 aliphatic carbocycles. The van der Waals surface area contributed by atoms with E-state index in [1.54, 1.807) is 6.20 Å². The average molecular weight is 369 g/mol. The smallest absolute Gasteiger partial charge is 0.254 e. The van der Waals surface area contributed by atoms with Gasteiger partial charge in [0.15, 0.2) is 0 Å². The molecule has 144 valence electrons. The highest BCUT2D eigenvalue weighted by atomic mass is 16.5. The van der Waals surface area contributed by atoms with Crippen LogP contribution >= 0.6 is 0 Å². The highest BCUT2D eigenvalue weighted by Crippen LogP contribution is 2.20. The molecule has 3 rings (SSSR count). The van der Waals surface area contributed by atoms with Gasteiger partial charge < -0.3 is 20.3 Å². The zero-order chi connectivity index (χ0) is 19.2. The molecule has 1 aromatic heterocycles. The van der Waals surface area contributed by atoms with Crippen molar-refractivity contribution >= 4 is 11.7 Å². The van der Waals surface area contributed by atoms with Gasteiger partial charge in [-0.2, -0.15) is 0 Å². The number of hydrogen-bond donors (Lipinski definition) is 1. The van der Waals surface area contributed by atoms with Crippen LogP contribution in [0.4, 0.5) is 5.82 Å². The molecular formula is C20H27N5O2. The Morgan fingerprint density at radius 3 is 2.78 bits per heavy atom. The van der Waals surface area contributed by atoms with E-state index in [9.17, 15) is 4.79 Å². The number of anilines is 1. The van der Waals surface area contributed by atoms with Crippen LogP contribution in [0.2, 0.25) is 0 Å². The van der Waals surface area contributed by atoms with Gasteiger partial charge in [0.2, 0.25) is 0 Å². The average Bonchev–Trinajstić information content (AvgIpc) is 3.18. The largest absolute Gasteiger partial charge is 0.382 e. The zero-order valence-electron chi connectivity index (χ0n) is 16.0. The molecule has 0 spiro atoms. The monoisotopic (exact) mass is 369 g/mol. The van der Waals surface area contributed by atoms with Crippen LogP contribution in [-0.4, -0.2) is 72.1 Å². The van der Waals surface area contributed by atoms with E-state index in [4.69, 9.17) is 10.5 Å². The Hall–Kier alpha value is -2.51. The number of hydrogen-bond acceptors (Lipinski definition) is 6. The molecule has 2 aromatic rings. The van der Waals surface area contributed by atoms with Gasteiger partial charge in [0.1, 0.15) is 5.82 Å². The molecule has 1 unspecified atom stereocenters. The van der Waals surface area contributed by atoms with Crippen LogP contribution in [0.25, 0.3) is 11.3 Å². The van der Waals surface area contributed by atoms with E-state index in [2.05, 4.69) is 14.9 Å². The number of nitrogen functional groups attached to an aromatic ring is 1. The van der Waals surface area contributed by atoms with Crippen molar-refractivity contribution < 1.29 is 9.53 Å². The van der Waals surface area contributed by atoms with Crippen LogP contribution in [0.15, 0.2) is 36.7 Å². The Morgan fingerprint density at radius 1 is 1.26 bits per heavy atom. The SMILES string of the molecule is CN(C)CCN(CC1CCCO1)C(=O)c1cccc(-c2cnc(N)cn2)c1. The number of ether oxygens (including phenoxy) is 1. The van der Waals surface area contributed by atoms with E-state index in [-0.39, 0.29) is 12.0 Å². The van der Waals surface area contributed by atoms with E-state index in [0.29, 0.717) is 30.2 Å². The van der Waals surface area contributed by atoms with Crippen molar-refractivity contribution in [1.29, 1.82) is 0 Å². The zero-order valence-corrected chi connectivity index (χ0v) is 16.0. The summed E-state index contributed by atoms with van der Waals surface area (Å²) in [5.74, 6) is 0.384. The molecule has 1 aliphatic heterocycles. The lowest BCUT2D eigenvalue weighted by Crippen LogP contribution is -2.41. The third kappa shape index (κ3) is 5.24. The maximum absolute atomic E-state index is 13.2. The second-order valence-electron chi connectivity index (χ2n) is 7.10. The summed E-state index contributed by atoms with van der Waals surface area (Å²) in [6.45, 7) is 2.88. The Balaban J connectivity index is 1.79. The number of rotatable bonds is 7. The molecule has 1 amide bonds. The van der Waals surface area contributed by atoms with E-state index in [0.717, 1.165) is 31.6 Å². The normalized spacial score (nSPS) is 16.6. The predicted molar refractivity (Wildman–Crippen MR) is 105 cm³/mol. The molecule has 1 atom stereocenters. The van der Waals surface area contributed by atoms with Crippen LogP contribution in [-0.2, 0) is 4.74 Å². The molecule has 1 fully saturated rings. The van der Waals surface area contributed by atoms with Crippen LogP contribution in [0.1, 0.15) is 23.2 Å². The van der Waals surface area contributed by atoms with Gasteiger partial charge in [-0.3, -0.25) is 9.78 Å². The van der Waals surface area contributed by atoms with Crippen molar-refractivity contribution in [3.8, 4) is 11.3 Å². The number of carbonyl (C=O) groups is 1. The number of nitrogens with two attached hydrogens (primary N) is 1. The van der Waals surface area contributed by atoms with Gasteiger partial charge in [0.25, 0.3) is 5.91 Å². The van der Waals surface area contributed by atoms with E-state index < -0.39 is 0 Å². The summed E-state index contributed by atoms with van der Waals surface area (Å²) in [5.41, 5.74) is 7.79. The quantitative estimate of drug-likeness (QED) is 0.802. The summed E-state index contributed by atoms with van der Waals surface area (Å²) in [6.07, 6.45) is 5.33. The first-order chi connectivity index (χ1) is 13.0. The predicted octanol–water partition coefficient (Wildman–Crippen LogP) is 1.91. The molecule has 1 aliphatic rings. The summed E-state index contributed by atoms with van der Waals surface area (Å²) in [7, 11) is 4.02. The van der Waals surface area contributed by atoms with Crippen LogP contribution in [0.5, 0.6) is 0 Å². The number of benzene rings is 1. The van der Waals surface area contributed by atoms with Gasteiger partial charge in [-0.15, -0.1) is 0 Å². The first-order valence-electron chi connectivity index (χ1n) is 9.26. The van der Waals surface area contributed by atoms with Crippen molar-refractivity contribution in [2.75, 3.05) is 46.1 Å². The number of amides is 1. The topological polar surface area (TPSA) is 84.6 Å². The third-order valence-electron chi connectivity index (χ3n) is 4.63. The molecule has 2 heterocycles. The lowest BCUT2D eigenvalue weighted by Gasteiger charge is -2.27. The minimum absolute atomic E-state index is 0.0117. The minimum Gasteiger partial charge on any atom is -0.382 e. The fourth-order valence-corrected chi connectivity index (χ4v) is 3.11. The van der Waals surface area contributed by atoms with Gasteiger partial charge in [-0.25, -0.2) is 4.98 Å². The molecule has 0 saturated carbocycles.